The van der Waals surface area contributed by atoms with Crippen LogP contribution in [0.4, 0.5) is 4.79 Å². The summed E-state index contributed by atoms with van der Waals surface area (Å²) in [5.41, 5.74) is 5.77. The van der Waals surface area contributed by atoms with E-state index in [9.17, 15) is 14.4 Å². The zero-order valence-electron chi connectivity index (χ0n) is 12.2. The number of urea groups is 1. The van der Waals surface area contributed by atoms with E-state index >= 15 is 0 Å². The summed E-state index contributed by atoms with van der Waals surface area (Å²) < 4.78 is 5.21. The van der Waals surface area contributed by atoms with Crippen molar-refractivity contribution >= 4 is 17.8 Å². The fourth-order valence-electron chi connectivity index (χ4n) is 3.28. The van der Waals surface area contributed by atoms with Crippen molar-refractivity contribution in [3.8, 4) is 5.75 Å². The lowest BCUT2D eigenvalue weighted by Crippen LogP contribution is -2.47. The van der Waals surface area contributed by atoms with E-state index in [4.69, 9.17) is 10.5 Å². The zero-order chi connectivity index (χ0) is 15.9. The lowest BCUT2D eigenvalue weighted by atomic mass is 9.76. The maximum Gasteiger partial charge on any atom is 0.325 e. The number of amides is 4. The summed E-state index contributed by atoms with van der Waals surface area (Å²) in [6, 6.07) is 4.88. The average molecular weight is 303 g/mol. The fourth-order valence-corrected chi connectivity index (χ4v) is 3.28. The maximum absolute atomic E-state index is 12.7. The molecule has 116 valence electrons. The summed E-state index contributed by atoms with van der Waals surface area (Å²) >= 11 is 0. The van der Waals surface area contributed by atoms with Gasteiger partial charge in [0.2, 0.25) is 5.91 Å². The Kier molecular flexibility index (Phi) is 3.27. The molecule has 1 aromatic carbocycles. The molecule has 0 unspecified atom stereocenters. The van der Waals surface area contributed by atoms with Gasteiger partial charge in [-0.1, -0.05) is 6.07 Å². The van der Waals surface area contributed by atoms with E-state index in [0.717, 1.165) is 28.9 Å². The third-order valence-electron chi connectivity index (χ3n) is 4.26. The first-order chi connectivity index (χ1) is 10.5. The predicted octanol–water partition coefficient (Wildman–Crippen LogP) is 0.264. The van der Waals surface area contributed by atoms with Crippen LogP contribution in [0.2, 0.25) is 0 Å². The number of nitrogens with two attached hydrogens (primary N) is 1. The Labute approximate surface area is 127 Å². The van der Waals surface area contributed by atoms with Crippen LogP contribution in [0.15, 0.2) is 18.2 Å². The highest BCUT2D eigenvalue weighted by Gasteiger charge is 2.54. The minimum atomic E-state index is -1.09. The number of fused-ring (bicyclic) bond motifs is 2. The summed E-state index contributed by atoms with van der Waals surface area (Å²) in [7, 11) is 1.58. The number of nitrogens with one attached hydrogen (secondary N) is 1. The van der Waals surface area contributed by atoms with Crippen molar-refractivity contribution in [2.45, 2.75) is 24.8 Å². The van der Waals surface area contributed by atoms with Gasteiger partial charge in [0.15, 0.2) is 0 Å². The van der Waals surface area contributed by atoms with Crippen LogP contribution in [0.5, 0.6) is 5.75 Å². The molecule has 7 heteroatoms. The van der Waals surface area contributed by atoms with Crippen LogP contribution in [0, 0.1) is 0 Å². The number of imide groups is 1. The standard InChI is InChI=1S/C15H17N3O4/c1-22-10-4-5-11-9(7-10)3-2-6-15(11)13(20)18(8-12(16)19)14(21)17-15/h4-5,7H,2-3,6,8H2,1H3,(H2,16,19)(H,17,21)/t15-/m0/s1. The second-order valence-electron chi connectivity index (χ2n) is 5.57. The molecule has 1 aromatic rings. The van der Waals surface area contributed by atoms with Gasteiger partial charge in [0.05, 0.1) is 7.11 Å². The summed E-state index contributed by atoms with van der Waals surface area (Å²) in [6.07, 6.45) is 2.08. The van der Waals surface area contributed by atoms with Gasteiger partial charge >= 0.3 is 6.03 Å². The second kappa shape index (κ2) is 5.01. The number of hydrogen-bond donors (Lipinski definition) is 2. The number of carbonyl (C=O) groups excluding carboxylic acids is 3. The molecule has 3 N–H and O–H groups in total. The number of nitrogens with zero attached hydrogens (tertiary/aromatic N) is 1. The topological polar surface area (TPSA) is 102 Å². The number of ether oxygens (including phenoxy) is 1. The van der Waals surface area contributed by atoms with E-state index in [-0.39, 0.29) is 0 Å². The summed E-state index contributed by atoms with van der Waals surface area (Å²) in [5, 5.41) is 2.76. The average Bonchev–Trinajstić information content (AvgIpc) is 2.72. The smallest absolute Gasteiger partial charge is 0.325 e. The van der Waals surface area contributed by atoms with Gasteiger partial charge < -0.3 is 15.8 Å². The first-order valence-corrected chi connectivity index (χ1v) is 7.08. The van der Waals surface area contributed by atoms with E-state index in [2.05, 4.69) is 5.32 Å². The minimum Gasteiger partial charge on any atom is -0.497 e. The second-order valence-corrected chi connectivity index (χ2v) is 5.57. The monoisotopic (exact) mass is 303 g/mol. The van der Waals surface area contributed by atoms with Gasteiger partial charge in [-0.05, 0) is 42.5 Å². The van der Waals surface area contributed by atoms with Crippen molar-refractivity contribution in [3.63, 3.8) is 0 Å². The Bertz CT molecular complexity index is 673. The molecule has 1 fully saturated rings. The van der Waals surface area contributed by atoms with Crippen molar-refractivity contribution in [1.29, 1.82) is 0 Å². The number of rotatable bonds is 3. The Hall–Kier alpha value is -2.57. The molecule has 4 amide bonds. The summed E-state index contributed by atoms with van der Waals surface area (Å²) in [4.78, 5) is 36.8. The van der Waals surface area contributed by atoms with Crippen LogP contribution >= 0.6 is 0 Å². The third kappa shape index (κ3) is 2.01. The van der Waals surface area contributed by atoms with Crippen LogP contribution in [0.1, 0.15) is 24.0 Å². The molecular formula is C15H17N3O4. The highest BCUT2D eigenvalue weighted by molar-refractivity contribution is 6.09. The zero-order valence-corrected chi connectivity index (χ0v) is 12.2. The molecule has 0 radical (unpaired) electrons. The Morgan fingerprint density at radius 1 is 1.45 bits per heavy atom. The summed E-state index contributed by atoms with van der Waals surface area (Å²) in [6.45, 7) is -0.405. The van der Waals surface area contributed by atoms with Gasteiger partial charge in [-0.25, -0.2) is 4.79 Å². The van der Waals surface area contributed by atoms with Crippen LogP contribution in [0.3, 0.4) is 0 Å². The van der Waals surface area contributed by atoms with Gasteiger partial charge in [0.1, 0.15) is 17.8 Å². The Balaban J connectivity index is 2.04. The quantitative estimate of drug-likeness (QED) is 0.782. The van der Waals surface area contributed by atoms with Gasteiger partial charge in [-0.3, -0.25) is 14.5 Å². The maximum atomic E-state index is 12.7. The molecule has 2 aliphatic rings. The molecule has 0 aromatic heterocycles. The van der Waals surface area contributed by atoms with Crippen LogP contribution in [0.25, 0.3) is 0 Å². The molecule has 1 spiro atoms. The SMILES string of the molecule is COc1ccc2c(c1)CCC[C@]21NC(=O)N(CC(N)=O)C1=O. The molecule has 1 heterocycles. The number of carbonyl (C=O) groups is 3. The largest absolute Gasteiger partial charge is 0.497 e. The normalized spacial score (nSPS) is 23.4. The van der Waals surface area contributed by atoms with E-state index in [1.807, 2.05) is 6.07 Å². The van der Waals surface area contributed by atoms with Gasteiger partial charge in [0.25, 0.3) is 5.91 Å². The lowest BCUT2D eigenvalue weighted by molar-refractivity contribution is -0.135. The molecule has 1 atom stereocenters. The Morgan fingerprint density at radius 2 is 2.23 bits per heavy atom. The Morgan fingerprint density at radius 3 is 2.91 bits per heavy atom. The number of primary amides is 1. The van der Waals surface area contributed by atoms with E-state index in [1.54, 1.807) is 19.2 Å². The van der Waals surface area contributed by atoms with Crippen LogP contribution in [-0.4, -0.2) is 36.4 Å². The van der Waals surface area contributed by atoms with Crippen molar-refractivity contribution in [1.82, 2.24) is 10.2 Å². The first kappa shape index (κ1) is 14.4. The highest BCUT2D eigenvalue weighted by atomic mass is 16.5. The van der Waals surface area contributed by atoms with Crippen molar-refractivity contribution in [3.05, 3.63) is 29.3 Å². The molecular weight excluding hydrogens is 286 g/mol. The van der Waals surface area contributed by atoms with E-state index in [0.29, 0.717) is 12.2 Å². The molecule has 22 heavy (non-hydrogen) atoms. The van der Waals surface area contributed by atoms with Crippen molar-refractivity contribution < 1.29 is 19.1 Å². The van der Waals surface area contributed by atoms with Crippen LogP contribution in [-0.2, 0) is 21.5 Å². The van der Waals surface area contributed by atoms with Crippen molar-refractivity contribution in [2.24, 2.45) is 5.73 Å². The van der Waals surface area contributed by atoms with Crippen LogP contribution < -0.4 is 15.8 Å². The van der Waals surface area contributed by atoms with Crippen molar-refractivity contribution in [2.75, 3.05) is 13.7 Å². The van der Waals surface area contributed by atoms with E-state index in [1.165, 1.54) is 0 Å². The molecule has 1 saturated heterocycles. The number of hydrogen-bond acceptors (Lipinski definition) is 4. The molecule has 7 nitrogen and oxygen atoms in total. The molecule has 1 aliphatic carbocycles. The lowest BCUT2D eigenvalue weighted by Gasteiger charge is -2.33. The van der Waals surface area contributed by atoms with Gasteiger partial charge in [-0.15, -0.1) is 0 Å². The van der Waals surface area contributed by atoms with E-state index < -0.39 is 29.9 Å². The van der Waals surface area contributed by atoms with Gasteiger partial charge in [-0.2, -0.15) is 0 Å². The number of methoxy groups -OCH3 is 1. The number of aryl methyl sites for hydroxylation is 1. The minimum absolute atomic E-state index is 0.405. The summed E-state index contributed by atoms with van der Waals surface area (Å²) in [5.74, 6) is -0.421. The predicted molar refractivity (Wildman–Crippen MR) is 77.0 cm³/mol. The molecule has 0 bridgehead atoms. The molecule has 1 aliphatic heterocycles. The van der Waals surface area contributed by atoms with Gasteiger partial charge in [0, 0.05) is 0 Å². The highest BCUT2D eigenvalue weighted by Crippen LogP contribution is 2.41. The molecule has 0 saturated carbocycles. The molecule has 3 rings (SSSR count). The third-order valence-corrected chi connectivity index (χ3v) is 4.26. The first-order valence-electron chi connectivity index (χ1n) is 7.08. The number of benzene rings is 1. The fraction of sp³-hybridized carbons (Fsp3) is 0.400.